The van der Waals surface area contributed by atoms with Crippen molar-refractivity contribution in [2.45, 2.75) is 12.6 Å². The topological polar surface area (TPSA) is 94.9 Å². The van der Waals surface area contributed by atoms with Gasteiger partial charge in [0.05, 0.1) is 5.56 Å². The Balaban J connectivity index is 1.88. The number of carboxylic acids is 2. The molecule has 0 unspecified atom stereocenters. The second kappa shape index (κ2) is 4.71. The molecule has 128 valence electrons. The molecule has 1 aliphatic carbocycles. The average molecular weight is 343 g/mol. The predicted molar refractivity (Wildman–Crippen MR) is 72.1 cm³/mol. The van der Waals surface area contributed by atoms with Crippen molar-refractivity contribution < 1.29 is 37.8 Å². The lowest BCUT2D eigenvalue weighted by Crippen LogP contribution is -2.34. The van der Waals surface area contributed by atoms with Gasteiger partial charge in [-0.15, -0.1) is 0 Å². The van der Waals surface area contributed by atoms with Gasteiger partial charge in [-0.2, -0.15) is 13.2 Å². The molecule has 24 heavy (non-hydrogen) atoms. The molecule has 2 fully saturated rings. The molecule has 2 N–H and O–H groups in total. The number of hydrogen-bond acceptors (Lipinski definition) is 3. The number of carbonyl (C=O) groups excluding carboxylic acids is 1. The van der Waals surface area contributed by atoms with Gasteiger partial charge in [0, 0.05) is 18.7 Å². The van der Waals surface area contributed by atoms with E-state index in [9.17, 15) is 37.8 Å². The molecule has 0 radical (unpaired) electrons. The monoisotopic (exact) mass is 343 g/mol. The summed E-state index contributed by atoms with van der Waals surface area (Å²) in [4.78, 5) is 36.2. The van der Waals surface area contributed by atoms with Crippen molar-refractivity contribution in [2.24, 2.45) is 10.8 Å². The van der Waals surface area contributed by atoms with Gasteiger partial charge in [0.2, 0.25) is 0 Å². The molecule has 1 saturated heterocycles. The number of rotatable bonds is 3. The van der Waals surface area contributed by atoms with Crippen LogP contribution in [0.3, 0.4) is 0 Å². The summed E-state index contributed by atoms with van der Waals surface area (Å²) in [7, 11) is 0. The maximum absolute atomic E-state index is 12.7. The third-order valence-corrected chi connectivity index (χ3v) is 4.86. The molecular weight excluding hydrogens is 331 g/mol. The van der Waals surface area contributed by atoms with Crippen molar-refractivity contribution in [3.63, 3.8) is 0 Å². The first-order valence-corrected chi connectivity index (χ1v) is 6.97. The van der Waals surface area contributed by atoms with E-state index in [4.69, 9.17) is 0 Å². The van der Waals surface area contributed by atoms with Gasteiger partial charge in [0.1, 0.15) is 10.8 Å². The highest BCUT2D eigenvalue weighted by atomic mass is 19.4. The van der Waals surface area contributed by atoms with Crippen LogP contribution in [0.4, 0.5) is 13.2 Å². The number of amides is 1. The van der Waals surface area contributed by atoms with Crippen LogP contribution in [0.1, 0.15) is 22.3 Å². The van der Waals surface area contributed by atoms with E-state index in [0.717, 1.165) is 17.0 Å². The van der Waals surface area contributed by atoms with Crippen molar-refractivity contribution >= 4 is 17.8 Å². The fraction of sp³-hybridized carbons (Fsp3) is 0.400. The second-order valence-electron chi connectivity index (χ2n) is 6.19. The molecule has 0 aromatic heterocycles. The van der Waals surface area contributed by atoms with E-state index in [1.165, 1.54) is 6.07 Å². The van der Waals surface area contributed by atoms with Crippen molar-refractivity contribution in [3.8, 4) is 0 Å². The van der Waals surface area contributed by atoms with Crippen molar-refractivity contribution in [1.29, 1.82) is 0 Å². The molecule has 1 aromatic carbocycles. The number of carboxylic acid groups (broad SMARTS) is 2. The Morgan fingerprint density at radius 3 is 2.04 bits per heavy atom. The summed E-state index contributed by atoms with van der Waals surface area (Å²) in [5.74, 6) is -3.44. The zero-order chi connectivity index (χ0) is 17.9. The minimum atomic E-state index is -4.62. The highest BCUT2D eigenvalue weighted by Crippen LogP contribution is 2.68. The van der Waals surface area contributed by atoms with Gasteiger partial charge in [0.25, 0.3) is 5.91 Å². The molecule has 2 aliphatic rings. The largest absolute Gasteiger partial charge is 0.481 e. The number of halogens is 3. The van der Waals surface area contributed by atoms with Crippen LogP contribution in [0, 0.1) is 10.8 Å². The number of likely N-dealkylation sites (tertiary alicyclic amines) is 1. The zero-order valence-electron chi connectivity index (χ0n) is 12.1. The fourth-order valence-electron chi connectivity index (χ4n) is 3.44. The van der Waals surface area contributed by atoms with Gasteiger partial charge in [-0.25, -0.2) is 0 Å². The van der Waals surface area contributed by atoms with E-state index in [-0.39, 0.29) is 25.1 Å². The van der Waals surface area contributed by atoms with Crippen LogP contribution in [-0.4, -0.2) is 46.0 Å². The number of nitrogens with zero attached hydrogens (tertiary/aromatic N) is 1. The minimum absolute atomic E-state index is 0.0863. The highest BCUT2D eigenvalue weighted by molar-refractivity contribution is 6.00. The number of alkyl halides is 3. The Morgan fingerprint density at radius 2 is 1.58 bits per heavy atom. The van der Waals surface area contributed by atoms with Gasteiger partial charge in [-0.05, 0) is 24.6 Å². The molecule has 1 heterocycles. The smallest absolute Gasteiger partial charge is 0.416 e. The quantitative estimate of drug-likeness (QED) is 0.871. The molecule has 1 saturated carbocycles. The Hall–Kier alpha value is -2.58. The van der Waals surface area contributed by atoms with E-state index in [1.807, 2.05) is 0 Å². The third kappa shape index (κ3) is 2.07. The number of carbonyl (C=O) groups is 3. The number of benzene rings is 1. The summed E-state index contributed by atoms with van der Waals surface area (Å²) >= 11 is 0. The van der Waals surface area contributed by atoms with E-state index < -0.39 is 40.4 Å². The molecule has 6 nitrogen and oxygen atoms in total. The van der Waals surface area contributed by atoms with Gasteiger partial charge in [0.15, 0.2) is 0 Å². The molecule has 0 bridgehead atoms. The lowest BCUT2D eigenvalue weighted by molar-refractivity contribution is -0.151. The normalized spacial score (nSPS) is 28.4. The van der Waals surface area contributed by atoms with Crippen LogP contribution in [0.15, 0.2) is 24.3 Å². The van der Waals surface area contributed by atoms with Gasteiger partial charge < -0.3 is 15.1 Å². The van der Waals surface area contributed by atoms with Gasteiger partial charge in [-0.1, -0.05) is 6.07 Å². The third-order valence-electron chi connectivity index (χ3n) is 4.86. The van der Waals surface area contributed by atoms with Crippen LogP contribution in [0.25, 0.3) is 0 Å². The first kappa shape index (κ1) is 16.3. The molecule has 1 amide bonds. The summed E-state index contributed by atoms with van der Waals surface area (Å²) < 4.78 is 38.2. The standard InChI is InChI=1S/C15H12F3NO5/c16-15(17,18)9-3-1-2-8(4-9)10(20)19-6-13(11(21)22)5-14(13,7-19)12(23)24/h1-4H,5-7H2,(H,21,22)(H,23,24)/t13-,14+. The summed E-state index contributed by atoms with van der Waals surface area (Å²) in [5, 5.41) is 18.6. The number of piperidine rings is 1. The van der Waals surface area contributed by atoms with E-state index in [2.05, 4.69) is 0 Å². The molecule has 1 aromatic rings. The summed E-state index contributed by atoms with van der Waals surface area (Å²) in [6, 6.07) is 3.75. The zero-order valence-corrected chi connectivity index (χ0v) is 12.1. The number of aliphatic carboxylic acids is 2. The summed E-state index contributed by atoms with van der Waals surface area (Å²) in [5.41, 5.74) is -4.38. The number of fused-ring (bicyclic) bond motifs is 1. The molecule has 2 atom stereocenters. The van der Waals surface area contributed by atoms with E-state index in [1.54, 1.807) is 0 Å². The lowest BCUT2D eigenvalue weighted by Gasteiger charge is -2.20. The van der Waals surface area contributed by atoms with Crippen LogP contribution in [-0.2, 0) is 15.8 Å². The van der Waals surface area contributed by atoms with Gasteiger partial charge >= 0.3 is 18.1 Å². The van der Waals surface area contributed by atoms with E-state index >= 15 is 0 Å². The lowest BCUT2D eigenvalue weighted by atomic mass is 9.97. The Labute approximate surface area is 133 Å². The SMILES string of the molecule is O=C(c1cccc(C(F)(F)F)c1)N1C[C@@]2(C(=O)O)C[C@@]2(C(=O)O)C1. The molecule has 9 heteroatoms. The molecular formula is C15H12F3NO5. The van der Waals surface area contributed by atoms with Crippen LogP contribution < -0.4 is 0 Å². The van der Waals surface area contributed by atoms with E-state index in [0.29, 0.717) is 6.07 Å². The van der Waals surface area contributed by atoms with Crippen molar-refractivity contribution in [2.75, 3.05) is 13.1 Å². The molecule has 3 rings (SSSR count). The Morgan fingerprint density at radius 1 is 1.04 bits per heavy atom. The summed E-state index contributed by atoms with van der Waals surface area (Å²) in [6.07, 6.45) is -4.70. The van der Waals surface area contributed by atoms with Crippen LogP contribution in [0.5, 0.6) is 0 Å². The Kier molecular flexibility index (Phi) is 3.20. The van der Waals surface area contributed by atoms with Crippen molar-refractivity contribution in [1.82, 2.24) is 4.90 Å². The number of hydrogen-bond donors (Lipinski definition) is 2. The Bertz CT molecular complexity index is 734. The maximum atomic E-state index is 12.7. The fourth-order valence-corrected chi connectivity index (χ4v) is 3.44. The first-order chi connectivity index (χ1) is 11.0. The summed E-state index contributed by atoms with van der Waals surface area (Å²) in [6.45, 7) is -0.659. The van der Waals surface area contributed by atoms with Crippen LogP contribution >= 0.6 is 0 Å². The molecule has 1 aliphatic heterocycles. The second-order valence-corrected chi connectivity index (χ2v) is 6.19. The average Bonchev–Trinajstić information content (AvgIpc) is 3.05. The minimum Gasteiger partial charge on any atom is -0.481 e. The predicted octanol–water partition coefficient (Wildman–Crippen LogP) is 1.71. The highest BCUT2D eigenvalue weighted by Gasteiger charge is 2.81. The first-order valence-electron chi connectivity index (χ1n) is 6.97. The maximum Gasteiger partial charge on any atom is 0.416 e. The van der Waals surface area contributed by atoms with Gasteiger partial charge in [-0.3, -0.25) is 14.4 Å². The van der Waals surface area contributed by atoms with Crippen LogP contribution in [0.2, 0.25) is 0 Å². The van der Waals surface area contributed by atoms with Crippen molar-refractivity contribution in [3.05, 3.63) is 35.4 Å². The molecule has 0 spiro atoms.